The molecular formula is C16H18Cl2N4O. The molecule has 2 aliphatic rings. The van der Waals surface area contributed by atoms with Crippen LogP contribution in [0.2, 0.25) is 5.02 Å². The average molecular weight is 353 g/mol. The molecule has 1 amide bonds. The SMILES string of the molecule is Cl.O=C(c1cc(-n2cccn2)ccc1Cl)N1C[C@H]2CNC[C@H]2C1. The lowest BCUT2D eigenvalue weighted by Gasteiger charge is -2.18. The van der Waals surface area contributed by atoms with Gasteiger partial charge in [0.1, 0.15) is 0 Å². The summed E-state index contributed by atoms with van der Waals surface area (Å²) in [4.78, 5) is 14.7. The second-order valence-electron chi connectivity index (χ2n) is 6.00. The maximum absolute atomic E-state index is 12.8. The number of halogens is 2. The van der Waals surface area contributed by atoms with Gasteiger partial charge in [-0.1, -0.05) is 11.6 Å². The summed E-state index contributed by atoms with van der Waals surface area (Å²) in [5, 5.41) is 8.08. The molecular weight excluding hydrogens is 335 g/mol. The summed E-state index contributed by atoms with van der Waals surface area (Å²) in [6.45, 7) is 3.66. The molecule has 23 heavy (non-hydrogen) atoms. The van der Waals surface area contributed by atoms with Crippen LogP contribution in [0.1, 0.15) is 10.4 Å². The minimum atomic E-state index is 0. The summed E-state index contributed by atoms with van der Waals surface area (Å²) in [7, 11) is 0. The van der Waals surface area contributed by atoms with Crippen molar-refractivity contribution in [2.45, 2.75) is 0 Å². The summed E-state index contributed by atoms with van der Waals surface area (Å²) in [5.74, 6) is 1.18. The van der Waals surface area contributed by atoms with Gasteiger partial charge < -0.3 is 10.2 Å². The molecule has 0 bridgehead atoms. The largest absolute Gasteiger partial charge is 0.338 e. The Morgan fingerprint density at radius 2 is 2.00 bits per heavy atom. The number of rotatable bonds is 2. The first kappa shape index (κ1) is 16.3. The van der Waals surface area contributed by atoms with Crippen molar-refractivity contribution >= 4 is 29.9 Å². The summed E-state index contributed by atoms with van der Waals surface area (Å²) in [6.07, 6.45) is 3.56. The van der Waals surface area contributed by atoms with E-state index >= 15 is 0 Å². The maximum atomic E-state index is 12.8. The third-order valence-corrected chi connectivity index (χ3v) is 4.96. The normalized spacial score (nSPS) is 22.7. The zero-order valence-corrected chi connectivity index (χ0v) is 14.1. The van der Waals surface area contributed by atoms with Crippen molar-refractivity contribution in [2.75, 3.05) is 26.2 Å². The number of nitrogens with one attached hydrogen (secondary N) is 1. The first-order valence-corrected chi connectivity index (χ1v) is 7.90. The molecule has 0 unspecified atom stereocenters. The smallest absolute Gasteiger partial charge is 0.255 e. The number of benzene rings is 1. The van der Waals surface area contributed by atoms with Crippen LogP contribution in [-0.2, 0) is 0 Å². The number of amides is 1. The van der Waals surface area contributed by atoms with Crippen LogP contribution in [0.25, 0.3) is 5.69 Å². The van der Waals surface area contributed by atoms with Gasteiger partial charge in [0.05, 0.1) is 16.3 Å². The Labute approximate surface area is 146 Å². The molecule has 1 aromatic carbocycles. The molecule has 7 heteroatoms. The van der Waals surface area contributed by atoms with Crippen molar-refractivity contribution in [1.82, 2.24) is 20.0 Å². The van der Waals surface area contributed by atoms with E-state index in [0.29, 0.717) is 22.4 Å². The van der Waals surface area contributed by atoms with Gasteiger partial charge in [-0.2, -0.15) is 5.10 Å². The van der Waals surface area contributed by atoms with Crippen LogP contribution in [0.15, 0.2) is 36.7 Å². The van der Waals surface area contributed by atoms with Crippen molar-refractivity contribution in [3.63, 3.8) is 0 Å². The van der Waals surface area contributed by atoms with Gasteiger partial charge in [-0.3, -0.25) is 4.79 Å². The molecule has 0 radical (unpaired) electrons. The zero-order chi connectivity index (χ0) is 15.1. The highest BCUT2D eigenvalue weighted by Crippen LogP contribution is 2.29. The molecule has 2 fully saturated rings. The molecule has 0 aliphatic carbocycles. The lowest BCUT2D eigenvalue weighted by atomic mass is 10.0. The number of fused-ring (bicyclic) bond motifs is 1. The van der Waals surface area contributed by atoms with Crippen molar-refractivity contribution in [1.29, 1.82) is 0 Å². The first-order valence-electron chi connectivity index (χ1n) is 7.52. The second-order valence-corrected chi connectivity index (χ2v) is 6.41. The summed E-state index contributed by atoms with van der Waals surface area (Å²) >= 11 is 6.26. The van der Waals surface area contributed by atoms with E-state index in [4.69, 9.17) is 11.6 Å². The lowest BCUT2D eigenvalue weighted by Crippen LogP contribution is -2.32. The summed E-state index contributed by atoms with van der Waals surface area (Å²) in [5.41, 5.74) is 1.40. The highest BCUT2D eigenvalue weighted by Gasteiger charge is 2.38. The monoisotopic (exact) mass is 352 g/mol. The molecule has 122 valence electrons. The van der Waals surface area contributed by atoms with E-state index in [1.165, 1.54) is 0 Å². The van der Waals surface area contributed by atoms with E-state index in [2.05, 4.69) is 10.4 Å². The van der Waals surface area contributed by atoms with Crippen LogP contribution in [0, 0.1) is 11.8 Å². The van der Waals surface area contributed by atoms with Gasteiger partial charge in [0.25, 0.3) is 5.91 Å². The quantitative estimate of drug-likeness (QED) is 0.901. The third-order valence-electron chi connectivity index (χ3n) is 4.63. The van der Waals surface area contributed by atoms with Gasteiger partial charge in [0, 0.05) is 38.6 Å². The van der Waals surface area contributed by atoms with Crippen LogP contribution in [0.4, 0.5) is 0 Å². The summed E-state index contributed by atoms with van der Waals surface area (Å²) < 4.78 is 1.73. The van der Waals surface area contributed by atoms with Gasteiger partial charge in [0.2, 0.25) is 0 Å². The van der Waals surface area contributed by atoms with Gasteiger partial charge in [-0.25, -0.2) is 4.68 Å². The highest BCUT2D eigenvalue weighted by atomic mass is 35.5. The number of hydrogen-bond acceptors (Lipinski definition) is 3. The summed E-state index contributed by atoms with van der Waals surface area (Å²) in [6, 6.07) is 7.31. The number of aromatic nitrogens is 2. The average Bonchev–Trinajstić information content (AvgIpc) is 3.23. The Kier molecular flexibility index (Phi) is 4.62. The molecule has 0 saturated carbocycles. The van der Waals surface area contributed by atoms with E-state index in [1.807, 2.05) is 29.3 Å². The molecule has 5 nitrogen and oxygen atoms in total. The predicted octanol–water partition coefficient (Wildman–Crippen LogP) is 2.24. The molecule has 4 rings (SSSR count). The lowest BCUT2D eigenvalue weighted by molar-refractivity contribution is 0.0782. The zero-order valence-electron chi connectivity index (χ0n) is 12.5. The molecule has 2 aromatic rings. The molecule has 3 heterocycles. The Morgan fingerprint density at radius 3 is 2.65 bits per heavy atom. The van der Waals surface area contributed by atoms with Crippen LogP contribution >= 0.6 is 24.0 Å². The van der Waals surface area contributed by atoms with E-state index in [9.17, 15) is 4.79 Å². The van der Waals surface area contributed by atoms with E-state index in [-0.39, 0.29) is 18.3 Å². The molecule has 2 atom stereocenters. The predicted molar refractivity (Wildman–Crippen MR) is 91.6 cm³/mol. The highest BCUT2D eigenvalue weighted by molar-refractivity contribution is 6.33. The Balaban J connectivity index is 0.00000156. The number of hydrogen-bond donors (Lipinski definition) is 1. The van der Waals surface area contributed by atoms with E-state index in [1.54, 1.807) is 16.9 Å². The van der Waals surface area contributed by atoms with Crippen LogP contribution in [0.3, 0.4) is 0 Å². The molecule has 2 aliphatic heterocycles. The number of nitrogens with zero attached hydrogens (tertiary/aromatic N) is 3. The van der Waals surface area contributed by atoms with Gasteiger partial charge in [-0.05, 0) is 36.1 Å². The van der Waals surface area contributed by atoms with Crippen molar-refractivity contribution in [2.24, 2.45) is 11.8 Å². The maximum Gasteiger partial charge on any atom is 0.255 e. The topological polar surface area (TPSA) is 50.2 Å². The number of carbonyl (C=O) groups is 1. The van der Waals surface area contributed by atoms with Gasteiger partial charge >= 0.3 is 0 Å². The Bertz CT molecular complexity index is 692. The number of likely N-dealkylation sites (tertiary alicyclic amines) is 1. The Hall–Kier alpha value is -1.56. The fraction of sp³-hybridized carbons (Fsp3) is 0.375. The van der Waals surface area contributed by atoms with E-state index in [0.717, 1.165) is 31.9 Å². The van der Waals surface area contributed by atoms with Crippen LogP contribution in [-0.4, -0.2) is 46.8 Å². The standard InChI is InChI=1S/C16H17ClN4O.ClH/c17-15-3-2-13(21-5-1-4-19-21)6-14(15)16(22)20-9-11-7-18-8-12(11)10-20;/h1-6,11-12,18H,7-10H2;1H/t11-,12+;. The molecule has 0 spiro atoms. The first-order chi connectivity index (χ1) is 10.7. The minimum Gasteiger partial charge on any atom is -0.338 e. The van der Waals surface area contributed by atoms with E-state index < -0.39 is 0 Å². The Morgan fingerprint density at radius 1 is 1.26 bits per heavy atom. The molecule has 1 aromatic heterocycles. The fourth-order valence-electron chi connectivity index (χ4n) is 3.43. The minimum absolute atomic E-state index is 0. The van der Waals surface area contributed by atoms with Crippen molar-refractivity contribution in [3.05, 3.63) is 47.2 Å². The number of carbonyl (C=O) groups excluding carboxylic acids is 1. The molecule has 2 saturated heterocycles. The third kappa shape index (κ3) is 2.96. The van der Waals surface area contributed by atoms with Crippen LogP contribution in [0.5, 0.6) is 0 Å². The van der Waals surface area contributed by atoms with Gasteiger partial charge in [0.15, 0.2) is 0 Å². The van der Waals surface area contributed by atoms with Crippen LogP contribution < -0.4 is 5.32 Å². The van der Waals surface area contributed by atoms with Crippen molar-refractivity contribution in [3.8, 4) is 5.69 Å². The fourth-order valence-corrected chi connectivity index (χ4v) is 3.63. The second kappa shape index (κ2) is 6.51. The van der Waals surface area contributed by atoms with Gasteiger partial charge in [-0.15, -0.1) is 12.4 Å². The van der Waals surface area contributed by atoms with Crippen molar-refractivity contribution < 1.29 is 4.79 Å². The molecule has 1 N–H and O–H groups in total.